The van der Waals surface area contributed by atoms with Crippen molar-refractivity contribution in [2.45, 2.75) is 24.8 Å². The van der Waals surface area contributed by atoms with Crippen LogP contribution in [0, 0.1) is 0 Å². The van der Waals surface area contributed by atoms with Crippen molar-refractivity contribution in [1.82, 2.24) is 15.3 Å². The summed E-state index contributed by atoms with van der Waals surface area (Å²) >= 11 is 5.73. The molecule has 2 heterocycles. The molecular weight excluding hydrogens is 323 g/mol. The Hall–Kier alpha value is -1.85. The Morgan fingerprint density at radius 2 is 1.95 bits per heavy atom. The van der Waals surface area contributed by atoms with Crippen LogP contribution >= 0.6 is 24.0 Å². The summed E-state index contributed by atoms with van der Waals surface area (Å²) in [7, 11) is 0. The molecule has 0 bridgehead atoms. The quantitative estimate of drug-likeness (QED) is 0.843. The lowest BCUT2D eigenvalue weighted by Crippen LogP contribution is -2.51. The summed E-state index contributed by atoms with van der Waals surface area (Å²) in [4.78, 5) is 20.6. The monoisotopic (exact) mass is 338 g/mol. The molecule has 1 saturated carbocycles. The number of carbonyl (C=O) groups is 1. The van der Waals surface area contributed by atoms with Crippen LogP contribution < -0.4 is 11.1 Å². The molecule has 5 nitrogen and oxygen atoms in total. The smallest absolute Gasteiger partial charge is 0.253 e. The Bertz CT molecular complexity index is 654. The molecular formula is C15H16Cl2N4O. The standard InChI is InChI=1S/C15H15ClN4O.ClH/c16-13-5-2-10(8-19-13)14(21)20-15(6-1-7-15)12-4-3-11(17)9-18-12;/h2-5,8-9H,1,6-7,17H2,(H,20,21);1H. The lowest BCUT2D eigenvalue weighted by atomic mass is 9.74. The molecule has 3 N–H and O–H groups in total. The van der Waals surface area contributed by atoms with E-state index < -0.39 is 5.54 Å². The van der Waals surface area contributed by atoms with Crippen molar-refractivity contribution < 1.29 is 4.79 Å². The summed E-state index contributed by atoms with van der Waals surface area (Å²) in [5, 5.41) is 3.44. The molecule has 0 radical (unpaired) electrons. The van der Waals surface area contributed by atoms with Gasteiger partial charge in [-0.15, -0.1) is 12.4 Å². The summed E-state index contributed by atoms with van der Waals surface area (Å²) in [6.45, 7) is 0. The van der Waals surface area contributed by atoms with Gasteiger partial charge in [0.05, 0.1) is 28.7 Å². The molecule has 1 amide bonds. The maximum absolute atomic E-state index is 12.4. The van der Waals surface area contributed by atoms with Crippen LogP contribution in [0.5, 0.6) is 0 Å². The maximum Gasteiger partial charge on any atom is 0.253 e. The predicted octanol–water partition coefficient (Wildman–Crippen LogP) is 2.94. The van der Waals surface area contributed by atoms with Crippen molar-refractivity contribution >= 4 is 35.6 Å². The van der Waals surface area contributed by atoms with E-state index in [0.717, 1.165) is 25.0 Å². The lowest BCUT2D eigenvalue weighted by Gasteiger charge is -2.42. The van der Waals surface area contributed by atoms with Gasteiger partial charge in [0.25, 0.3) is 5.91 Å². The largest absolute Gasteiger partial charge is 0.397 e. The van der Waals surface area contributed by atoms with Crippen LogP contribution in [0.15, 0.2) is 36.7 Å². The molecule has 0 aliphatic heterocycles. The number of nitrogens with two attached hydrogens (primary N) is 1. The number of nitrogen functional groups attached to an aromatic ring is 1. The first-order valence-electron chi connectivity index (χ1n) is 6.75. The number of anilines is 1. The SMILES string of the molecule is Cl.Nc1ccc(C2(NC(=O)c3ccc(Cl)nc3)CCC2)nc1. The van der Waals surface area contributed by atoms with Crippen molar-refractivity contribution in [1.29, 1.82) is 0 Å². The second-order valence-corrected chi connectivity index (χ2v) is 5.62. The third-order valence-corrected chi connectivity index (χ3v) is 4.05. The normalized spacial score (nSPS) is 15.3. The summed E-state index contributed by atoms with van der Waals surface area (Å²) < 4.78 is 0. The average molecular weight is 339 g/mol. The third-order valence-electron chi connectivity index (χ3n) is 3.83. The first-order chi connectivity index (χ1) is 10.1. The summed E-state index contributed by atoms with van der Waals surface area (Å²) in [5.74, 6) is -0.169. The molecule has 1 aliphatic rings. The van der Waals surface area contributed by atoms with Crippen LogP contribution in [0.25, 0.3) is 0 Å². The van der Waals surface area contributed by atoms with E-state index in [2.05, 4.69) is 15.3 Å². The number of pyridine rings is 2. The number of carbonyl (C=O) groups excluding carboxylic acids is 1. The van der Waals surface area contributed by atoms with E-state index in [1.54, 1.807) is 24.4 Å². The Morgan fingerprint density at radius 3 is 2.45 bits per heavy atom. The first-order valence-corrected chi connectivity index (χ1v) is 7.13. The fourth-order valence-electron chi connectivity index (χ4n) is 2.46. The van der Waals surface area contributed by atoms with Crippen LogP contribution in [-0.2, 0) is 5.54 Å². The third kappa shape index (κ3) is 3.15. The topological polar surface area (TPSA) is 80.9 Å². The molecule has 1 aliphatic carbocycles. The van der Waals surface area contributed by atoms with Crippen LogP contribution in [0.3, 0.4) is 0 Å². The van der Waals surface area contributed by atoms with Gasteiger partial charge in [-0.1, -0.05) is 11.6 Å². The van der Waals surface area contributed by atoms with E-state index in [9.17, 15) is 4.79 Å². The van der Waals surface area contributed by atoms with Gasteiger partial charge in [0, 0.05) is 6.20 Å². The second-order valence-electron chi connectivity index (χ2n) is 5.24. The van der Waals surface area contributed by atoms with Gasteiger partial charge in [-0.2, -0.15) is 0 Å². The van der Waals surface area contributed by atoms with E-state index in [-0.39, 0.29) is 18.3 Å². The molecule has 0 spiro atoms. The highest BCUT2D eigenvalue weighted by Gasteiger charge is 2.41. The van der Waals surface area contributed by atoms with Crippen LogP contribution in [0.4, 0.5) is 5.69 Å². The Balaban J connectivity index is 0.00000176. The van der Waals surface area contributed by atoms with Gasteiger partial charge in [0.2, 0.25) is 0 Å². The van der Waals surface area contributed by atoms with Crippen LogP contribution in [0.1, 0.15) is 35.3 Å². The number of hydrogen-bond donors (Lipinski definition) is 2. The zero-order chi connectivity index (χ0) is 14.9. The number of nitrogens with one attached hydrogen (secondary N) is 1. The van der Waals surface area contributed by atoms with Crippen molar-refractivity contribution in [2.75, 3.05) is 5.73 Å². The van der Waals surface area contributed by atoms with Crippen molar-refractivity contribution in [3.63, 3.8) is 0 Å². The fraction of sp³-hybridized carbons (Fsp3) is 0.267. The van der Waals surface area contributed by atoms with Gasteiger partial charge >= 0.3 is 0 Å². The first kappa shape index (κ1) is 16.5. The maximum atomic E-state index is 12.4. The van der Waals surface area contributed by atoms with Crippen LogP contribution in [0.2, 0.25) is 5.15 Å². The molecule has 0 saturated heterocycles. The zero-order valence-electron chi connectivity index (χ0n) is 11.8. The Labute approximate surface area is 139 Å². The van der Waals surface area contributed by atoms with Gasteiger partial charge in [0.15, 0.2) is 0 Å². The number of rotatable bonds is 3. The molecule has 0 unspecified atom stereocenters. The molecule has 3 rings (SSSR count). The van der Waals surface area contributed by atoms with E-state index in [1.807, 2.05) is 6.07 Å². The zero-order valence-corrected chi connectivity index (χ0v) is 13.3. The van der Waals surface area contributed by atoms with Crippen LogP contribution in [-0.4, -0.2) is 15.9 Å². The minimum absolute atomic E-state index is 0. The van der Waals surface area contributed by atoms with E-state index >= 15 is 0 Å². The molecule has 116 valence electrons. The lowest BCUT2D eigenvalue weighted by molar-refractivity contribution is 0.0816. The number of amides is 1. The molecule has 7 heteroatoms. The van der Waals surface area contributed by atoms with Gasteiger partial charge in [-0.25, -0.2) is 4.98 Å². The van der Waals surface area contributed by atoms with Gasteiger partial charge in [-0.3, -0.25) is 9.78 Å². The minimum Gasteiger partial charge on any atom is -0.397 e. The molecule has 2 aromatic rings. The Kier molecular flexibility index (Phi) is 4.88. The highest BCUT2D eigenvalue weighted by Crippen LogP contribution is 2.40. The van der Waals surface area contributed by atoms with Crippen molar-refractivity contribution in [3.05, 3.63) is 53.1 Å². The van der Waals surface area contributed by atoms with E-state index in [1.165, 1.54) is 6.20 Å². The number of aromatic nitrogens is 2. The van der Waals surface area contributed by atoms with E-state index in [0.29, 0.717) is 16.4 Å². The van der Waals surface area contributed by atoms with Gasteiger partial charge in [-0.05, 0) is 43.5 Å². The second kappa shape index (κ2) is 6.50. The number of halogens is 2. The van der Waals surface area contributed by atoms with Gasteiger partial charge < -0.3 is 11.1 Å². The minimum atomic E-state index is -0.398. The van der Waals surface area contributed by atoms with Crippen molar-refractivity contribution in [2.24, 2.45) is 0 Å². The highest BCUT2D eigenvalue weighted by molar-refractivity contribution is 6.29. The molecule has 22 heavy (non-hydrogen) atoms. The predicted molar refractivity (Wildman–Crippen MR) is 88.1 cm³/mol. The van der Waals surface area contributed by atoms with Gasteiger partial charge in [0.1, 0.15) is 5.15 Å². The summed E-state index contributed by atoms with van der Waals surface area (Å²) in [6, 6.07) is 6.94. The molecule has 0 atom stereocenters. The molecule has 0 aromatic carbocycles. The summed E-state index contributed by atoms with van der Waals surface area (Å²) in [6.07, 6.45) is 5.89. The number of hydrogen-bond acceptors (Lipinski definition) is 4. The molecule has 2 aromatic heterocycles. The average Bonchev–Trinajstić information content (AvgIpc) is 2.44. The van der Waals surface area contributed by atoms with Crippen molar-refractivity contribution in [3.8, 4) is 0 Å². The molecule has 1 fully saturated rings. The fourth-order valence-corrected chi connectivity index (χ4v) is 2.58. The summed E-state index contributed by atoms with van der Waals surface area (Å²) in [5.41, 5.74) is 7.21. The highest BCUT2D eigenvalue weighted by atomic mass is 35.5. The van der Waals surface area contributed by atoms with E-state index in [4.69, 9.17) is 17.3 Å². The Morgan fingerprint density at radius 1 is 1.18 bits per heavy atom. The number of nitrogens with zero attached hydrogens (tertiary/aromatic N) is 2.